The van der Waals surface area contributed by atoms with E-state index in [2.05, 4.69) is 5.10 Å². The summed E-state index contributed by atoms with van der Waals surface area (Å²) in [4.78, 5) is 23.5. The average Bonchev–Trinajstić information content (AvgIpc) is 2.68. The van der Waals surface area contributed by atoms with Crippen LogP contribution < -0.4 is 5.01 Å². The van der Waals surface area contributed by atoms with E-state index in [1.165, 1.54) is 5.01 Å². The second-order valence-electron chi connectivity index (χ2n) is 4.84. The van der Waals surface area contributed by atoms with Crippen molar-refractivity contribution in [2.45, 2.75) is 32.6 Å². The highest BCUT2D eigenvalue weighted by molar-refractivity contribution is 6.12. The van der Waals surface area contributed by atoms with E-state index in [4.69, 9.17) is 0 Å². The van der Waals surface area contributed by atoms with Crippen LogP contribution in [0.2, 0.25) is 0 Å². The number of hydrogen-bond donors (Lipinski definition) is 0. The minimum Gasteiger partial charge on any atom is -0.294 e. The molecule has 0 N–H and O–H groups in total. The molecule has 1 heterocycles. The molecule has 18 heavy (non-hydrogen) atoms. The Kier molecular flexibility index (Phi) is 2.51. The van der Waals surface area contributed by atoms with Gasteiger partial charge in [0.25, 0.3) is 5.91 Å². The summed E-state index contributed by atoms with van der Waals surface area (Å²) in [7, 11) is 0. The predicted molar refractivity (Wildman–Crippen MR) is 68.9 cm³/mol. The van der Waals surface area contributed by atoms with Crippen LogP contribution in [-0.4, -0.2) is 17.4 Å². The Morgan fingerprint density at radius 1 is 1.22 bits per heavy atom. The van der Waals surface area contributed by atoms with Gasteiger partial charge in [-0.05, 0) is 43.5 Å². The molecule has 3 rings (SSSR count). The number of Topliss-reactive ketones (excluding diaryl/α,β-unsaturated/α-hetero) is 1. The lowest BCUT2D eigenvalue weighted by atomic mass is 9.90. The van der Waals surface area contributed by atoms with Gasteiger partial charge in [-0.1, -0.05) is 0 Å². The van der Waals surface area contributed by atoms with E-state index in [1.807, 2.05) is 25.1 Å². The first kappa shape index (κ1) is 11.1. The number of anilines is 1. The maximum absolute atomic E-state index is 11.8. The van der Waals surface area contributed by atoms with Crippen LogP contribution in [0.25, 0.3) is 0 Å². The van der Waals surface area contributed by atoms with Gasteiger partial charge >= 0.3 is 0 Å². The molecule has 0 saturated heterocycles. The molecule has 92 valence electrons. The third kappa shape index (κ3) is 1.74. The van der Waals surface area contributed by atoms with Crippen molar-refractivity contribution in [2.24, 2.45) is 5.10 Å². The van der Waals surface area contributed by atoms with Gasteiger partial charge in [0.15, 0.2) is 5.78 Å². The van der Waals surface area contributed by atoms with Gasteiger partial charge in [-0.15, -0.1) is 0 Å². The summed E-state index contributed by atoms with van der Waals surface area (Å²) in [6.45, 7) is 1.85. The number of carbonyl (C=O) groups excluding carboxylic acids is 2. The molecule has 4 heteroatoms. The first-order chi connectivity index (χ1) is 8.65. The molecule has 2 aliphatic rings. The fourth-order valence-electron chi connectivity index (χ4n) is 2.52. The van der Waals surface area contributed by atoms with Crippen molar-refractivity contribution in [3.05, 3.63) is 29.3 Å². The quantitative estimate of drug-likeness (QED) is 0.758. The third-order valence-electron chi connectivity index (χ3n) is 3.40. The second kappa shape index (κ2) is 4.05. The standard InChI is InChI=1S/C14H14N2O2/c1-9-7-14(18)16(15-9)11-5-6-12-10(8-11)3-2-4-13(12)17/h5-6,8H,2-4,7H2,1H3. The van der Waals surface area contributed by atoms with E-state index in [0.717, 1.165) is 35.4 Å². The van der Waals surface area contributed by atoms with Crippen molar-refractivity contribution >= 4 is 23.1 Å². The number of carbonyl (C=O) groups is 2. The van der Waals surface area contributed by atoms with Crippen molar-refractivity contribution < 1.29 is 9.59 Å². The van der Waals surface area contributed by atoms with Gasteiger partial charge in [0.2, 0.25) is 0 Å². The van der Waals surface area contributed by atoms with Crippen LogP contribution in [0.15, 0.2) is 23.3 Å². The van der Waals surface area contributed by atoms with E-state index >= 15 is 0 Å². The zero-order valence-corrected chi connectivity index (χ0v) is 10.3. The lowest BCUT2D eigenvalue weighted by Gasteiger charge is -2.18. The summed E-state index contributed by atoms with van der Waals surface area (Å²) in [5.74, 6) is 0.199. The molecule has 0 atom stereocenters. The molecule has 0 unspecified atom stereocenters. The van der Waals surface area contributed by atoms with Gasteiger partial charge in [0, 0.05) is 17.7 Å². The Balaban J connectivity index is 2.00. The topological polar surface area (TPSA) is 49.7 Å². The van der Waals surface area contributed by atoms with Crippen LogP contribution in [0.5, 0.6) is 0 Å². The van der Waals surface area contributed by atoms with E-state index < -0.39 is 0 Å². The van der Waals surface area contributed by atoms with Gasteiger partial charge in [0.05, 0.1) is 12.1 Å². The van der Waals surface area contributed by atoms with E-state index in [1.54, 1.807) is 0 Å². The molecule has 0 aromatic heterocycles. The summed E-state index contributed by atoms with van der Waals surface area (Å²) in [6.07, 6.45) is 2.81. The van der Waals surface area contributed by atoms with Crippen molar-refractivity contribution in [1.82, 2.24) is 0 Å². The lowest BCUT2D eigenvalue weighted by Crippen LogP contribution is -2.20. The van der Waals surface area contributed by atoms with Gasteiger partial charge in [-0.25, -0.2) is 5.01 Å². The highest BCUT2D eigenvalue weighted by atomic mass is 16.2. The molecule has 0 spiro atoms. The van der Waals surface area contributed by atoms with Gasteiger partial charge in [-0.3, -0.25) is 9.59 Å². The SMILES string of the molecule is CC1=NN(c2ccc3c(c2)CCCC3=O)C(=O)C1. The first-order valence-corrected chi connectivity index (χ1v) is 6.18. The normalized spacial score (nSPS) is 18.9. The molecule has 1 amide bonds. The summed E-state index contributed by atoms with van der Waals surface area (Å²) in [6, 6.07) is 5.55. The molecule has 4 nitrogen and oxygen atoms in total. The number of aryl methyl sites for hydroxylation is 1. The van der Waals surface area contributed by atoms with Crippen molar-refractivity contribution in [3.63, 3.8) is 0 Å². The monoisotopic (exact) mass is 242 g/mol. The maximum Gasteiger partial charge on any atom is 0.253 e. The maximum atomic E-state index is 11.8. The number of amides is 1. The van der Waals surface area contributed by atoms with E-state index in [0.29, 0.717) is 12.8 Å². The number of hydrogen-bond acceptors (Lipinski definition) is 3. The largest absolute Gasteiger partial charge is 0.294 e. The predicted octanol–water partition coefficient (Wildman–Crippen LogP) is 2.32. The summed E-state index contributed by atoms with van der Waals surface area (Å²) >= 11 is 0. The van der Waals surface area contributed by atoms with Gasteiger partial charge < -0.3 is 0 Å². The Hall–Kier alpha value is -1.97. The lowest BCUT2D eigenvalue weighted by molar-refractivity contribution is -0.116. The van der Waals surface area contributed by atoms with Crippen LogP contribution in [-0.2, 0) is 11.2 Å². The summed E-state index contributed by atoms with van der Waals surface area (Å²) < 4.78 is 0. The molecule has 0 radical (unpaired) electrons. The van der Waals surface area contributed by atoms with Crippen molar-refractivity contribution in [3.8, 4) is 0 Å². The van der Waals surface area contributed by atoms with Gasteiger partial charge in [0.1, 0.15) is 0 Å². The van der Waals surface area contributed by atoms with Crippen molar-refractivity contribution in [2.75, 3.05) is 5.01 Å². The second-order valence-corrected chi connectivity index (χ2v) is 4.84. The smallest absolute Gasteiger partial charge is 0.253 e. The first-order valence-electron chi connectivity index (χ1n) is 6.18. The molecule has 1 aromatic rings. The number of ketones is 1. The third-order valence-corrected chi connectivity index (χ3v) is 3.40. The Morgan fingerprint density at radius 3 is 2.78 bits per heavy atom. The zero-order chi connectivity index (χ0) is 12.7. The van der Waals surface area contributed by atoms with Crippen LogP contribution in [0.1, 0.15) is 42.1 Å². The van der Waals surface area contributed by atoms with Crippen LogP contribution in [0.3, 0.4) is 0 Å². The van der Waals surface area contributed by atoms with Crippen LogP contribution in [0.4, 0.5) is 5.69 Å². The summed E-state index contributed by atoms with van der Waals surface area (Å²) in [5, 5.41) is 5.66. The highest BCUT2D eigenvalue weighted by Gasteiger charge is 2.24. The Labute approximate surface area is 105 Å². The number of hydrazone groups is 1. The highest BCUT2D eigenvalue weighted by Crippen LogP contribution is 2.28. The molecule has 0 bridgehead atoms. The number of benzene rings is 1. The van der Waals surface area contributed by atoms with E-state index in [9.17, 15) is 9.59 Å². The fourth-order valence-corrected chi connectivity index (χ4v) is 2.52. The molecule has 1 aliphatic carbocycles. The molecule has 1 aliphatic heterocycles. The molecular weight excluding hydrogens is 228 g/mol. The Bertz CT molecular complexity index is 575. The van der Waals surface area contributed by atoms with Gasteiger partial charge in [-0.2, -0.15) is 5.10 Å². The Morgan fingerprint density at radius 2 is 2.06 bits per heavy atom. The molecule has 0 saturated carbocycles. The fraction of sp³-hybridized carbons (Fsp3) is 0.357. The van der Waals surface area contributed by atoms with E-state index in [-0.39, 0.29) is 11.7 Å². The van der Waals surface area contributed by atoms with Crippen LogP contribution in [0, 0.1) is 0 Å². The minimum absolute atomic E-state index is 0.00501. The minimum atomic E-state index is -0.00501. The molecule has 1 aromatic carbocycles. The average molecular weight is 242 g/mol. The number of rotatable bonds is 1. The van der Waals surface area contributed by atoms with Crippen LogP contribution >= 0.6 is 0 Å². The zero-order valence-electron chi connectivity index (χ0n) is 10.3. The number of nitrogens with zero attached hydrogens (tertiary/aromatic N) is 2. The molecular formula is C14H14N2O2. The summed E-state index contributed by atoms with van der Waals surface area (Å²) in [5.41, 5.74) is 3.44. The molecule has 0 fully saturated rings. The van der Waals surface area contributed by atoms with Crippen molar-refractivity contribution in [1.29, 1.82) is 0 Å². The number of fused-ring (bicyclic) bond motifs is 1.